The molecule has 0 amide bonds. The molecule has 0 radical (unpaired) electrons. The quantitative estimate of drug-likeness (QED) is 0.664. The minimum Gasteiger partial charge on any atom is -0.493 e. The SMILES string of the molecule is COc1ccc(C(=O)O)cc1Oc1cc([N+](=O)[O-])ccn1. The van der Waals surface area contributed by atoms with Gasteiger partial charge in [0.15, 0.2) is 11.5 Å². The third-order valence-electron chi connectivity index (χ3n) is 2.55. The van der Waals surface area contributed by atoms with Crippen molar-refractivity contribution in [2.45, 2.75) is 0 Å². The van der Waals surface area contributed by atoms with E-state index >= 15 is 0 Å². The number of aromatic nitrogens is 1. The van der Waals surface area contributed by atoms with Gasteiger partial charge in [-0.3, -0.25) is 10.1 Å². The number of carboxylic acids is 1. The Balaban J connectivity index is 2.37. The number of hydrogen-bond acceptors (Lipinski definition) is 6. The first kappa shape index (κ1) is 14.3. The van der Waals surface area contributed by atoms with Crippen molar-refractivity contribution in [2.24, 2.45) is 0 Å². The molecule has 2 aromatic rings. The number of rotatable bonds is 5. The van der Waals surface area contributed by atoms with Gasteiger partial charge in [0, 0.05) is 12.3 Å². The maximum Gasteiger partial charge on any atom is 0.335 e. The standard InChI is InChI=1S/C13H10N2O6/c1-20-10-3-2-8(13(16)17)6-11(10)21-12-7-9(15(18)19)4-5-14-12/h2-7H,1H3,(H,16,17). The highest BCUT2D eigenvalue weighted by atomic mass is 16.6. The van der Waals surface area contributed by atoms with E-state index in [9.17, 15) is 14.9 Å². The summed E-state index contributed by atoms with van der Waals surface area (Å²) in [5, 5.41) is 19.6. The number of carbonyl (C=O) groups is 1. The van der Waals surface area contributed by atoms with Gasteiger partial charge >= 0.3 is 5.97 Å². The fraction of sp³-hybridized carbons (Fsp3) is 0.0769. The molecule has 0 bridgehead atoms. The van der Waals surface area contributed by atoms with Gasteiger partial charge < -0.3 is 14.6 Å². The summed E-state index contributed by atoms with van der Waals surface area (Å²) in [6.07, 6.45) is 1.22. The number of ether oxygens (including phenoxy) is 2. The van der Waals surface area contributed by atoms with Gasteiger partial charge in [0.2, 0.25) is 5.88 Å². The molecule has 0 atom stereocenters. The van der Waals surface area contributed by atoms with Gasteiger partial charge in [0.25, 0.3) is 5.69 Å². The molecule has 0 spiro atoms. The molecule has 0 aliphatic rings. The van der Waals surface area contributed by atoms with Crippen molar-refractivity contribution in [3.63, 3.8) is 0 Å². The fourth-order valence-corrected chi connectivity index (χ4v) is 1.57. The summed E-state index contributed by atoms with van der Waals surface area (Å²) in [6.45, 7) is 0. The zero-order valence-electron chi connectivity index (χ0n) is 10.8. The molecule has 2 rings (SSSR count). The number of benzene rings is 1. The van der Waals surface area contributed by atoms with Crippen molar-refractivity contribution in [1.29, 1.82) is 0 Å². The summed E-state index contributed by atoms with van der Waals surface area (Å²) in [6, 6.07) is 6.39. The van der Waals surface area contributed by atoms with E-state index in [0.717, 1.165) is 6.07 Å². The molecule has 1 heterocycles. The molecule has 1 aromatic heterocycles. The minimum atomic E-state index is -1.13. The third kappa shape index (κ3) is 3.24. The maximum absolute atomic E-state index is 10.9. The lowest BCUT2D eigenvalue weighted by molar-refractivity contribution is -0.385. The van der Waals surface area contributed by atoms with Crippen molar-refractivity contribution in [1.82, 2.24) is 4.98 Å². The zero-order chi connectivity index (χ0) is 15.4. The van der Waals surface area contributed by atoms with E-state index in [1.807, 2.05) is 0 Å². The predicted octanol–water partition coefficient (Wildman–Crippen LogP) is 2.49. The van der Waals surface area contributed by atoms with Gasteiger partial charge in [-0.1, -0.05) is 0 Å². The first-order chi connectivity index (χ1) is 10.0. The van der Waals surface area contributed by atoms with Crippen molar-refractivity contribution in [3.05, 3.63) is 52.2 Å². The number of nitrogens with zero attached hydrogens (tertiary/aromatic N) is 2. The second kappa shape index (κ2) is 5.87. The summed E-state index contributed by atoms with van der Waals surface area (Å²) in [5.74, 6) is -0.779. The van der Waals surface area contributed by atoms with Gasteiger partial charge in [-0.2, -0.15) is 0 Å². The van der Waals surface area contributed by atoms with Crippen LogP contribution >= 0.6 is 0 Å². The van der Waals surface area contributed by atoms with Crippen LogP contribution in [0.1, 0.15) is 10.4 Å². The van der Waals surface area contributed by atoms with E-state index < -0.39 is 10.9 Å². The van der Waals surface area contributed by atoms with Crippen LogP contribution in [0.15, 0.2) is 36.5 Å². The number of carboxylic acid groups (broad SMARTS) is 1. The van der Waals surface area contributed by atoms with Crippen LogP contribution in [-0.4, -0.2) is 28.1 Å². The van der Waals surface area contributed by atoms with Crippen molar-refractivity contribution < 1.29 is 24.3 Å². The molecular weight excluding hydrogens is 280 g/mol. The summed E-state index contributed by atoms with van der Waals surface area (Å²) in [7, 11) is 1.39. The smallest absolute Gasteiger partial charge is 0.335 e. The molecule has 8 heteroatoms. The molecule has 0 saturated carbocycles. The topological polar surface area (TPSA) is 112 Å². The number of methoxy groups -OCH3 is 1. The van der Waals surface area contributed by atoms with Crippen LogP contribution in [0, 0.1) is 10.1 Å². The number of aromatic carboxylic acids is 1. The second-order valence-corrected chi connectivity index (χ2v) is 3.88. The Morgan fingerprint density at radius 3 is 2.67 bits per heavy atom. The monoisotopic (exact) mass is 290 g/mol. The molecule has 0 unspecified atom stereocenters. The molecule has 8 nitrogen and oxygen atoms in total. The van der Waals surface area contributed by atoms with E-state index in [1.165, 1.54) is 37.6 Å². The molecule has 21 heavy (non-hydrogen) atoms. The van der Waals surface area contributed by atoms with Gasteiger partial charge in [0.1, 0.15) is 0 Å². The highest BCUT2D eigenvalue weighted by molar-refractivity contribution is 5.88. The summed E-state index contributed by atoms with van der Waals surface area (Å²) in [5.41, 5.74) is -0.190. The Labute approximate surface area is 118 Å². The number of pyridine rings is 1. The summed E-state index contributed by atoms with van der Waals surface area (Å²) in [4.78, 5) is 24.9. The van der Waals surface area contributed by atoms with E-state index in [-0.39, 0.29) is 28.6 Å². The predicted molar refractivity (Wildman–Crippen MR) is 70.9 cm³/mol. The normalized spacial score (nSPS) is 9.95. The van der Waals surface area contributed by atoms with E-state index in [2.05, 4.69) is 4.98 Å². The molecule has 1 N–H and O–H groups in total. The first-order valence-electron chi connectivity index (χ1n) is 5.71. The van der Waals surface area contributed by atoms with Crippen LogP contribution < -0.4 is 9.47 Å². The molecule has 1 aromatic carbocycles. The van der Waals surface area contributed by atoms with Gasteiger partial charge in [-0.25, -0.2) is 9.78 Å². The van der Waals surface area contributed by atoms with Crippen LogP contribution in [0.3, 0.4) is 0 Å². The average Bonchev–Trinajstić information content (AvgIpc) is 2.47. The van der Waals surface area contributed by atoms with Crippen molar-refractivity contribution in [2.75, 3.05) is 7.11 Å². The molecule has 108 valence electrons. The van der Waals surface area contributed by atoms with E-state index in [0.29, 0.717) is 0 Å². The van der Waals surface area contributed by atoms with Gasteiger partial charge in [-0.05, 0) is 18.2 Å². The molecule has 0 aliphatic carbocycles. The highest BCUT2D eigenvalue weighted by Crippen LogP contribution is 2.32. The van der Waals surface area contributed by atoms with E-state index in [1.54, 1.807) is 0 Å². The lowest BCUT2D eigenvalue weighted by Crippen LogP contribution is -1.99. The summed E-state index contributed by atoms with van der Waals surface area (Å²) < 4.78 is 10.4. The van der Waals surface area contributed by atoms with Crippen LogP contribution in [0.5, 0.6) is 17.4 Å². The van der Waals surface area contributed by atoms with Gasteiger partial charge in [-0.15, -0.1) is 0 Å². The van der Waals surface area contributed by atoms with E-state index in [4.69, 9.17) is 14.6 Å². The van der Waals surface area contributed by atoms with Crippen molar-refractivity contribution in [3.8, 4) is 17.4 Å². The molecule has 0 fully saturated rings. The Bertz CT molecular complexity index is 701. The number of hydrogen-bond donors (Lipinski definition) is 1. The fourth-order valence-electron chi connectivity index (χ4n) is 1.57. The Morgan fingerprint density at radius 2 is 2.05 bits per heavy atom. The number of nitro groups is 1. The molecule has 0 aliphatic heterocycles. The molecule has 0 saturated heterocycles. The molecular formula is C13H10N2O6. The van der Waals surface area contributed by atoms with Crippen molar-refractivity contribution >= 4 is 11.7 Å². The highest BCUT2D eigenvalue weighted by Gasteiger charge is 2.13. The zero-order valence-corrected chi connectivity index (χ0v) is 10.8. The van der Waals surface area contributed by atoms with Crippen LogP contribution in [-0.2, 0) is 0 Å². The Morgan fingerprint density at radius 1 is 1.29 bits per heavy atom. The van der Waals surface area contributed by atoms with Crippen LogP contribution in [0.4, 0.5) is 5.69 Å². The second-order valence-electron chi connectivity index (χ2n) is 3.88. The Kier molecular flexibility index (Phi) is 3.98. The lowest BCUT2D eigenvalue weighted by Gasteiger charge is -2.10. The van der Waals surface area contributed by atoms with Crippen LogP contribution in [0.2, 0.25) is 0 Å². The first-order valence-corrected chi connectivity index (χ1v) is 5.71. The maximum atomic E-state index is 10.9. The Hall–Kier alpha value is -3.16. The lowest BCUT2D eigenvalue weighted by atomic mass is 10.2. The summed E-state index contributed by atoms with van der Waals surface area (Å²) >= 11 is 0. The van der Waals surface area contributed by atoms with Gasteiger partial charge in [0.05, 0.1) is 23.7 Å². The minimum absolute atomic E-state index is 0.00349. The average molecular weight is 290 g/mol. The largest absolute Gasteiger partial charge is 0.493 e. The third-order valence-corrected chi connectivity index (χ3v) is 2.55. The van der Waals surface area contributed by atoms with Crippen LogP contribution in [0.25, 0.3) is 0 Å².